The number of phenols is 1. The standard InChI is InChI=1S/C19H20O4/c20-17-15(19(18(21)22)11-4-5-12-19)9-6-10-16(17)23-13-14-7-2-1-3-8-14/h1-3,6-10,20H,4-5,11-13H2,(H,21,22). The molecule has 0 radical (unpaired) electrons. The third kappa shape index (κ3) is 2.89. The highest BCUT2D eigenvalue weighted by Crippen LogP contribution is 2.47. The number of phenolic OH excluding ortho intramolecular Hbond substituents is 1. The number of hydrogen-bond donors (Lipinski definition) is 2. The predicted octanol–water partition coefficient (Wildman–Crippen LogP) is 3.87. The Morgan fingerprint density at radius 2 is 1.74 bits per heavy atom. The Kier molecular flexibility index (Phi) is 4.24. The fourth-order valence-corrected chi connectivity index (χ4v) is 3.34. The number of carbonyl (C=O) groups is 1. The van der Waals surface area contributed by atoms with E-state index in [0.717, 1.165) is 18.4 Å². The molecule has 4 heteroatoms. The summed E-state index contributed by atoms with van der Waals surface area (Å²) in [4.78, 5) is 11.8. The van der Waals surface area contributed by atoms with E-state index in [0.29, 0.717) is 30.8 Å². The van der Waals surface area contributed by atoms with Crippen LogP contribution < -0.4 is 4.74 Å². The van der Waals surface area contributed by atoms with Crippen molar-refractivity contribution in [3.63, 3.8) is 0 Å². The summed E-state index contributed by atoms with van der Waals surface area (Å²) >= 11 is 0. The van der Waals surface area contributed by atoms with E-state index in [4.69, 9.17) is 4.74 Å². The second-order valence-corrected chi connectivity index (χ2v) is 6.02. The summed E-state index contributed by atoms with van der Waals surface area (Å²) in [7, 11) is 0. The molecule has 0 saturated heterocycles. The quantitative estimate of drug-likeness (QED) is 0.879. The molecule has 23 heavy (non-hydrogen) atoms. The van der Waals surface area contributed by atoms with Crippen molar-refractivity contribution in [3.8, 4) is 11.5 Å². The molecular weight excluding hydrogens is 292 g/mol. The lowest BCUT2D eigenvalue weighted by atomic mass is 9.78. The number of benzene rings is 2. The monoisotopic (exact) mass is 312 g/mol. The van der Waals surface area contributed by atoms with Crippen LogP contribution in [0.4, 0.5) is 0 Å². The first kappa shape index (κ1) is 15.4. The van der Waals surface area contributed by atoms with Gasteiger partial charge in [0.15, 0.2) is 11.5 Å². The van der Waals surface area contributed by atoms with Crippen molar-refractivity contribution in [2.75, 3.05) is 0 Å². The minimum absolute atomic E-state index is 0.0484. The molecule has 2 N–H and O–H groups in total. The Hall–Kier alpha value is -2.49. The van der Waals surface area contributed by atoms with Crippen LogP contribution in [0.5, 0.6) is 11.5 Å². The Labute approximate surface area is 135 Å². The van der Waals surface area contributed by atoms with Crippen molar-refractivity contribution in [3.05, 3.63) is 59.7 Å². The van der Waals surface area contributed by atoms with E-state index < -0.39 is 11.4 Å². The third-order valence-electron chi connectivity index (χ3n) is 4.62. The van der Waals surface area contributed by atoms with Gasteiger partial charge < -0.3 is 14.9 Å². The van der Waals surface area contributed by atoms with Gasteiger partial charge in [0, 0.05) is 5.56 Å². The average Bonchev–Trinajstić information content (AvgIpc) is 3.06. The molecule has 0 spiro atoms. The molecule has 0 amide bonds. The maximum absolute atomic E-state index is 11.8. The maximum Gasteiger partial charge on any atom is 0.314 e. The van der Waals surface area contributed by atoms with Gasteiger partial charge >= 0.3 is 5.97 Å². The van der Waals surface area contributed by atoms with Crippen molar-refractivity contribution in [2.24, 2.45) is 0 Å². The molecule has 2 aromatic rings. The van der Waals surface area contributed by atoms with E-state index in [-0.39, 0.29) is 5.75 Å². The zero-order chi connectivity index (χ0) is 16.3. The Balaban J connectivity index is 1.88. The van der Waals surface area contributed by atoms with Gasteiger partial charge in [0.2, 0.25) is 0 Å². The van der Waals surface area contributed by atoms with Crippen molar-refractivity contribution < 1.29 is 19.7 Å². The van der Waals surface area contributed by atoms with Gasteiger partial charge in [-0.1, -0.05) is 55.3 Å². The third-order valence-corrected chi connectivity index (χ3v) is 4.62. The number of carboxylic acid groups (broad SMARTS) is 1. The van der Waals surface area contributed by atoms with Crippen molar-refractivity contribution in [2.45, 2.75) is 37.7 Å². The van der Waals surface area contributed by atoms with E-state index in [1.54, 1.807) is 18.2 Å². The van der Waals surface area contributed by atoms with Gasteiger partial charge in [0.05, 0.1) is 5.41 Å². The summed E-state index contributed by atoms with van der Waals surface area (Å²) in [5.74, 6) is -0.586. The normalized spacial score (nSPS) is 16.2. The molecule has 0 aliphatic heterocycles. The molecule has 3 rings (SSSR count). The molecule has 4 nitrogen and oxygen atoms in total. The van der Waals surface area contributed by atoms with Crippen molar-refractivity contribution in [1.82, 2.24) is 0 Å². The molecule has 0 unspecified atom stereocenters. The van der Waals surface area contributed by atoms with Crippen LogP contribution in [-0.2, 0) is 16.8 Å². The summed E-state index contributed by atoms with van der Waals surface area (Å²) in [5.41, 5.74) is 0.468. The Bertz CT molecular complexity index is 688. The number of carboxylic acids is 1. The first-order valence-corrected chi connectivity index (χ1v) is 7.86. The van der Waals surface area contributed by atoms with E-state index >= 15 is 0 Å². The number of para-hydroxylation sites is 1. The molecule has 0 heterocycles. The first-order valence-electron chi connectivity index (χ1n) is 7.86. The van der Waals surface area contributed by atoms with E-state index in [9.17, 15) is 15.0 Å². The first-order chi connectivity index (χ1) is 11.1. The highest BCUT2D eigenvalue weighted by molar-refractivity contribution is 5.83. The van der Waals surface area contributed by atoms with E-state index in [2.05, 4.69) is 0 Å². The van der Waals surface area contributed by atoms with Crippen LogP contribution >= 0.6 is 0 Å². The minimum atomic E-state index is -0.990. The summed E-state index contributed by atoms with van der Waals surface area (Å²) in [5, 5.41) is 20.2. The molecule has 2 aromatic carbocycles. The molecule has 1 aliphatic rings. The topological polar surface area (TPSA) is 66.8 Å². The van der Waals surface area contributed by atoms with Gasteiger partial charge in [-0.15, -0.1) is 0 Å². The lowest BCUT2D eigenvalue weighted by Crippen LogP contribution is -2.32. The summed E-state index contributed by atoms with van der Waals surface area (Å²) in [6, 6.07) is 14.8. The van der Waals surface area contributed by atoms with Gasteiger partial charge in [0.1, 0.15) is 6.61 Å². The molecule has 0 bridgehead atoms. The van der Waals surface area contributed by atoms with Gasteiger partial charge in [0.25, 0.3) is 0 Å². The van der Waals surface area contributed by atoms with Crippen molar-refractivity contribution in [1.29, 1.82) is 0 Å². The number of hydrogen-bond acceptors (Lipinski definition) is 3. The number of ether oxygens (including phenoxy) is 1. The molecule has 1 aliphatic carbocycles. The van der Waals surface area contributed by atoms with Crippen LogP contribution in [0.15, 0.2) is 48.5 Å². The van der Waals surface area contributed by atoms with Gasteiger partial charge in [-0.05, 0) is 24.5 Å². The van der Waals surface area contributed by atoms with Crippen LogP contribution in [0.25, 0.3) is 0 Å². The van der Waals surface area contributed by atoms with Gasteiger partial charge in [-0.2, -0.15) is 0 Å². The Morgan fingerprint density at radius 1 is 1.04 bits per heavy atom. The van der Waals surface area contributed by atoms with Crippen LogP contribution in [0, 0.1) is 0 Å². The Morgan fingerprint density at radius 3 is 2.39 bits per heavy atom. The number of rotatable bonds is 5. The van der Waals surface area contributed by atoms with Crippen LogP contribution in [-0.4, -0.2) is 16.2 Å². The maximum atomic E-state index is 11.8. The molecule has 0 aromatic heterocycles. The summed E-state index contributed by atoms with van der Waals surface area (Å²) < 4.78 is 5.70. The predicted molar refractivity (Wildman–Crippen MR) is 86.7 cm³/mol. The molecular formula is C19H20O4. The lowest BCUT2D eigenvalue weighted by molar-refractivity contribution is -0.143. The lowest BCUT2D eigenvalue weighted by Gasteiger charge is -2.26. The van der Waals surface area contributed by atoms with E-state index in [1.165, 1.54) is 0 Å². The zero-order valence-corrected chi connectivity index (χ0v) is 12.9. The van der Waals surface area contributed by atoms with Crippen LogP contribution in [0.2, 0.25) is 0 Å². The largest absolute Gasteiger partial charge is 0.504 e. The van der Waals surface area contributed by atoms with Crippen molar-refractivity contribution >= 4 is 5.97 Å². The van der Waals surface area contributed by atoms with Gasteiger partial charge in [-0.3, -0.25) is 4.79 Å². The highest BCUT2D eigenvalue weighted by atomic mass is 16.5. The smallest absolute Gasteiger partial charge is 0.314 e. The minimum Gasteiger partial charge on any atom is -0.504 e. The fourth-order valence-electron chi connectivity index (χ4n) is 3.34. The zero-order valence-electron chi connectivity index (χ0n) is 12.9. The van der Waals surface area contributed by atoms with E-state index in [1.807, 2.05) is 30.3 Å². The summed E-state index contributed by atoms with van der Waals surface area (Å²) in [6.45, 7) is 0.331. The highest BCUT2D eigenvalue weighted by Gasteiger charge is 2.45. The summed E-state index contributed by atoms with van der Waals surface area (Å²) in [6.07, 6.45) is 2.83. The average molecular weight is 312 g/mol. The molecule has 0 atom stereocenters. The fraction of sp³-hybridized carbons (Fsp3) is 0.316. The number of aromatic hydroxyl groups is 1. The molecule has 1 saturated carbocycles. The number of aliphatic carboxylic acids is 1. The SMILES string of the molecule is O=C(O)C1(c2cccc(OCc3ccccc3)c2O)CCCC1. The second kappa shape index (κ2) is 6.32. The molecule has 120 valence electrons. The second-order valence-electron chi connectivity index (χ2n) is 6.02. The van der Waals surface area contributed by atoms with Crippen LogP contribution in [0.3, 0.4) is 0 Å². The van der Waals surface area contributed by atoms with Crippen LogP contribution in [0.1, 0.15) is 36.8 Å². The molecule has 1 fully saturated rings. The van der Waals surface area contributed by atoms with Gasteiger partial charge in [-0.25, -0.2) is 0 Å².